The number of rotatable bonds is 2. The van der Waals surface area contributed by atoms with Gasteiger partial charge in [-0.05, 0) is 62.7 Å². The van der Waals surface area contributed by atoms with Crippen LogP contribution in [0.2, 0.25) is 0 Å². The molecule has 22 heavy (non-hydrogen) atoms. The first-order chi connectivity index (χ1) is 10.4. The molecule has 0 radical (unpaired) electrons. The van der Waals surface area contributed by atoms with E-state index in [1.165, 1.54) is 0 Å². The predicted octanol–water partition coefficient (Wildman–Crippen LogP) is 4.37. The van der Waals surface area contributed by atoms with E-state index in [0.717, 1.165) is 22.5 Å². The van der Waals surface area contributed by atoms with Gasteiger partial charge in [-0.1, -0.05) is 12.1 Å². The summed E-state index contributed by atoms with van der Waals surface area (Å²) >= 11 is 0. The maximum absolute atomic E-state index is 12.2. The molecule has 0 amide bonds. The van der Waals surface area contributed by atoms with Gasteiger partial charge in [0.05, 0.1) is 0 Å². The number of pyridine rings is 1. The van der Waals surface area contributed by atoms with Gasteiger partial charge in [0, 0.05) is 22.7 Å². The van der Waals surface area contributed by atoms with Crippen molar-refractivity contribution in [2.24, 2.45) is 0 Å². The zero-order chi connectivity index (χ0) is 15.7. The minimum Gasteiger partial charge on any atom is -0.488 e. The van der Waals surface area contributed by atoms with Gasteiger partial charge in [-0.2, -0.15) is 0 Å². The minimum absolute atomic E-state index is 0.0272. The summed E-state index contributed by atoms with van der Waals surface area (Å²) in [6, 6.07) is 16.9. The highest BCUT2D eigenvalue weighted by molar-refractivity contribution is 5.81. The molecule has 0 aliphatic heterocycles. The number of aromatic nitrogens is 1. The Labute approximate surface area is 129 Å². The molecule has 3 nitrogen and oxygen atoms in total. The largest absolute Gasteiger partial charge is 0.488 e. The summed E-state index contributed by atoms with van der Waals surface area (Å²) in [7, 11) is 0. The molecule has 112 valence electrons. The van der Waals surface area contributed by atoms with Gasteiger partial charge < -0.3 is 9.72 Å². The van der Waals surface area contributed by atoms with Crippen molar-refractivity contribution in [3.8, 4) is 17.0 Å². The number of benzene rings is 2. The number of ether oxygens (including phenoxy) is 1. The number of H-pyrrole nitrogens is 1. The Kier molecular flexibility index (Phi) is 3.49. The molecule has 0 aliphatic carbocycles. The van der Waals surface area contributed by atoms with Crippen LogP contribution in [0.3, 0.4) is 0 Å². The molecule has 1 aromatic heterocycles. The summed E-state index contributed by atoms with van der Waals surface area (Å²) in [5.41, 5.74) is 2.42. The van der Waals surface area contributed by atoms with Crippen molar-refractivity contribution in [2.75, 3.05) is 0 Å². The Morgan fingerprint density at radius 3 is 2.32 bits per heavy atom. The molecule has 3 aromatic rings. The standard InChI is InChI=1S/C19H19NO2/c1-19(2,3)22-14-10-8-13(9-11-14)17-12-18(21)15-6-4-5-7-16(15)20-17/h4-12H,1-3H3,(H,20,21). The van der Waals surface area contributed by atoms with Crippen LogP contribution in [0.1, 0.15) is 20.8 Å². The van der Waals surface area contributed by atoms with Crippen LogP contribution in [-0.2, 0) is 0 Å². The fourth-order valence-electron chi connectivity index (χ4n) is 2.41. The van der Waals surface area contributed by atoms with Crippen LogP contribution in [0.25, 0.3) is 22.2 Å². The van der Waals surface area contributed by atoms with Gasteiger partial charge in [0.25, 0.3) is 0 Å². The second-order valence-electron chi connectivity index (χ2n) is 6.33. The average Bonchev–Trinajstić information content (AvgIpc) is 2.46. The molecule has 0 unspecified atom stereocenters. The normalized spacial score (nSPS) is 11.6. The molecule has 1 heterocycles. The van der Waals surface area contributed by atoms with E-state index in [-0.39, 0.29) is 11.0 Å². The number of hydrogen-bond acceptors (Lipinski definition) is 2. The van der Waals surface area contributed by atoms with Gasteiger partial charge in [-0.15, -0.1) is 0 Å². The second-order valence-corrected chi connectivity index (χ2v) is 6.33. The van der Waals surface area contributed by atoms with Gasteiger partial charge in [0.15, 0.2) is 5.43 Å². The summed E-state index contributed by atoms with van der Waals surface area (Å²) < 4.78 is 5.81. The Morgan fingerprint density at radius 2 is 1.64 bits per heavy atom. The lowest BCUT2D eigenvalue weighted by Crippen LogP contribution is -2.22. The fraction of sp³-hybridized carbons (Fsp3) is 0.211. The Hall–Kier alpha value is -2.55. The minimum atomic E-state index is -0.223. The van der Waals surface area contributed by atoms with E-state index in [9.17, 15) is 4.79 Å². The highest BCUT2D eigenvalue weighted by atomic mass is 16.5. The van der Waals surface area contributed by atoms with E-state index < -0.39 is 0 Å². The van der Waals surface area contributed by atoms with Gasteiger partial charge in [0.2, 0.25) is 0 Å². The lowest BCUT2D eigenvalue weighted by atomic mass is 10.1. The van der Waals surface area contributed by atoms with Crippen LogP contribution in [0.15, 0.2) is 59.4 Å². The van der Waals surface area contributed by atoms with Crippen molar-refractivity contribution in [1.29, 1.82) is 0 Å². The Morgan fingerprint density at radius 1 is 0.955 bits per heavy atom. The first-order valence-corrected chi connectivity index (χ1v) is 7.34. The van der Waals surface area contributed by atoms with Crippen molar-refractivity contribution >= 4 is 10.9 Å². The quantitative estimate of drug-likeness (QED) is 0.762. The SMILES string of the molecule is CC(C)(C)Oc1ccc(-c2cc(=O)c3ccccc3[nH]2)cc1. The number of fused-ring (bicyclic) bond motifs is 1. The van der Waals surface area contributed by atoms with Gasteiger partial charge in [-0.25, -0.2) is 0 Å². The van der Waals surface area contributed by atoms with E-state index in [4.69, 9.17) is 4.74 Å². The molecule has 0 bridgehead atoms. The second kappa shape index (κ2) is 5.34. The van der Waals surface area contributed by atoms with Gasteiger partial charge in [0.1, 0.15) is 11.4 Å². The molecule has 0 spiro atoms. The zero-order valence-corrected chi connectivity index (χ0v) is 13.0. The maximum Gasteiger partial charge on any atom is 0.190 e. The molecule has 3 heteroatoms. The van der Waals surface area contributed by atoms with E-state index in [2.05, 4.69) is 4.98 Å². The maximum atomic E-state index is 12.2. The third-order valence-electron chi connectivity index (χ3n) is 3.33. The molecule has 0 fully saturated rings. The van der Waals surface area contributed by atoms with Crippen LogP contribution in [-0.4, -0.2) is 10.6 Å². The van der Waals surface area contributed by atoms with Crippen LogP contribution >= 0.6 is 0 Å². The van der Waals surface area contributed by atoms with E-state index >= 15 is 0 Å². The van der Waals surface area contributed by atoms with Crippen molar-refractivity contribution in [2.45, 2.75) is 26.4 Å². The van der Waals surface area contributed by atoms with Crippen molar-refractivity contribution in [3.05, 3.63) is 64.8 Å². The monoisotopic (exact) mass is 293 g/mol. The zero-order valence-electron chi connectivity index (χ0n) is 13.0. The highest BCUT2D eigenvalue weighted by Gasteiger charge is 2.11. The third-order valence-corrected chi connectivity index (χ3v) is 3.33. The topological polar surface area (TPSA) is 42.1 Å². The van der Waals surface area contributed by atoms with Gasteiger partial charge >= 0.3 is 0 Å². The van der Waals surface area contributed by atoms with Crippen molar-refractivity contribution in [3.63, 3.8) is 0 Å². The first-order valence-electron chi connectivity index (χ1n) is 7.34. The third kappa shape index (κ3) is 3.03. The molecule has 0 atom stereocenters. The van der Waals surface area contributed by atoms with E-state index in [1.807, 2.05) is 69.3 Å². The summed E-state index contributed by atoms with van der Waals surface area (Å²) in [5, 5.41) is 0.707. The molecule has 2 aromatic carbocycles. The Balaban J connectivity index is 1.99. The Bertz CT molecular complexity index is 855. The first kappa shape index (κ1) is 14.4. The summed E-state index contributed by atoms with van der Waals surface area (Å²) in [6.07, 6.45) is 0. The number of para-hydroxylation sites is 1. The number of nitrogens with one attached hydrogen (secondary N) is 1. The van der Waals surface area contributed by atoms with Crippen LogP contribution in [0, 0.1) is 0 Å². The molecular weight excluding hydrogens is 274 g/mol. The average molecular weight is 293 g/mol. The molecular formula is C19H19NO2. The summed E-state index contributed by atoms with van der Waals surface area (Å²) in [4.78, 5) is 15.5. The molecule has 1 N–H and O–H groups in total. The summed E-state index contributed by atoms with van der Waals surface area (Å²) in [6.45, 7) is 6.05. The van der Waals surface area contributed by atoms with Gasteiger partial charge in [-0.3, -0.25) is 4.79 Å². The van der Waals surface area contributed by atoms with E-state index in [1.54, 1.807) is 6.07 Å². The molecule has 0 saturated heterocycles. The smallest absolute Gasteiger partial charge is 0.190 e. The number of aromatic amines is 1. The predicted molar refractivity (Wildman–Crippen MR) is 90.4 cm³/mol. The molecule has 0 aliphatic rings. The molecule has 3 rings (SSSR count). The van der Waals surface area contributed by atoms with Crippen LogP contribution in [0.5, 0.6) is 5.75 Å². The number of hydrogen-bond donors (Lipinski definition) is 1. The highest BCUT2D eigenvalue weighted by Crippen LogP contribution is 2.23. The summed E-state index contributed by atoms with van der Waals surface area (Å²) in [5.74, 6) is 0.819. The van der Waals surface area contributed by atoms with Crippen LogP contribution < -0.4 is 10.2 Å². The van der Waals surface area contributed by atoms with Crippen molar-refractivity contribution in [1.82, 2.24) is 4.98 Å². The lowest BCUT2D eigenvalue weighted by Gasteiger charge is -2.21. The lowest BCUT2D eigenvalue weighted by molar-refractivity contribution is 0.131. The van der Waals surface area contributed by atoms with Crippen molar-refractivity contribution < 1.29 is 4.74 Å². The molecule has 0 saturated carbocycles. The van der Waals surface area contributed by atoms with E-state index in [0.29, 0.717) is 5.39 Å². The van der Waals surface area contributed by atoms with Crippen LogP contribution in [0.4, 0.5) is 0 Å². The fourth-order valence-corrected chi connectivity index (χ4v) is 2.41.